The van der Waals surface area contributed by atoms with Crippen LogP contribution in [0.15, 0.2) is 6.33 Å². The second-order valence-corrected chi connectivity index (χ2v) is 4.35. The Hall–Kier alpha value is -1.52. The highest BCUT2D eigenvalue weighted by atomic mass is 16.5. The van der Waals surface area contributed by atoms with Gasteiger partial charge in [-0.1, -0.05) is 13.3 Å². The molecule has 2 unspecified atom stereocenters. The quantitative estimate of drug-likeness (QED) is 0.773. The zero-order chi connectivity index (χ0) is 11.7. The molecule has 1 aromatic heterocycles. The van der Waals surface area contributed by atoms with Gasteiger partial charge in [0.05, 0.1) is 13.4 Å². The van der Waals surface area contributed by atoms with Crippen molar-refractivity contribution in [2.24, 2.45) is 5.92 Å². The minimum absolute atomic E-state index is 0.224. The first-order chi connectivity index (χ1) is 7.65. The molecule has 1 heterocycles. The smallest absolute Gasteiger partial charge is 0.360 e. The van der Waals surface area contributed by atoms with Crippen molar-refractivity contribution in [3.8, 4) is 0 Å². The average molecular weight is 223 g/mol. The summed E-state index contributed by atoms with van der Waals surface area (Å²) in [4.78, 5) is 15.4. The number of hydrogen-bond acceptors (Lipinski definition) is 4. The Morgan fingerprint density at radius 1 is 1.62 bits per heavy atom. The third kappa shape index (κ3) is 1.66. The Morgan fingerprint density at radius 2 is 2.38 bits per heavy atom. The maximum absolute atomic E-state index is 11.4. The second-order valence-electron chi connectivity index (χ2n) is 4.35. The van der Waals surface area contributed by atoms with Crippen molar-refractivity contribution in [3.05, 3.63) is 12.0 Å². The number of methoxy groups -OCH3 is 1. The second kappa shape index (κ2) is 4.15. The van der Waals surface area contributed by atoms with Crippen LogP contribution in [0.4, 0.5) is 5.82 Å². The molecule has 1 aliphatic rings. The molecule has 1 aromatic rings. The summed E-state index contributed by atoms with van der Waals surface area (Å²) < 4.78 is 6.53. The van der Waals surface area contributed by atoms with Crippen molar-refractivity contribution in [2.75, 3.05) is 12.8 Å². The van der Waals surface area contributed by atoms with Gasteiger partial charge in [0.15, 0.2) is 5.69 Å². The van der Waals surface area contributed by atoms with Crippen molar-refractivity contribution < 1.29 is 9.53 Å². The number of rotatable bonds is 2. The molecule has 0 amide bonds. The predicted molar refractivity (Wildman–Crippen MR) is 60.0 cm³/mol. The van der Waals surface area contributed by atoms with Crippen LogP contribution in [0.5, 0.6) is 0 Å². The fourth-order valence-corrected chi connectivity index (χ4v) is 2.43. The lowest BCUT2D eigenvalue weighted by molar-refractivity contribution is 0.0596. The van der Waals surface area contributed by atoms with Gasteiger partial charge in [-0.15, -0.1) is 0 Å². The lowest BCUT2D eigenvalue weighted by Crippen LogP contribution is -2.14. The highest BCUT2D eigenvalue weighted by molar-refractivity contribution is 5.92. The summed E-state index contributed by atoms with van der Waals surface area (Å²) >= 11 is 0. The number of aromatic nitrogens is 2. The van der Waals surface area contributed by atoms with Gasteiger partial charge >= 0.3 is 5.97 Å². The van der Waals surface area contributed by atoms with Crippen LogP contribution in [0.25, 0.3) is 0 Å². The Balaban J connectivity index is 2.29. The van der Waals surface area contributed by atoms with Gasteiger partial charge in [-0.05, 0) is 18.8 Å². The van der Waals surface area contributed by atoms with Gasteiger partial charge < -0.3 is 15.0 Å². The van der Waals surface area contributed by atoms with Gasteiger partial charge in [0.25, 0.3) is 0 Å². The molecule has 88 valence electrons. The van der Waals surface area contributed by atoms with E-state index >= 15 is 0 Å². The summed E-state index contributed by atoms with van der Waals surface area (Å²) in [5.74, 6) is 0.537. The van der Waals surface area contributed by atoms with E-state index in [0.29, 0.717) is 17.8 Å². The van der Waals surface area contributed by atoms with E-state index in [4.69, 9.17) is 5.73 Å². The molecule has 0 radical (unpaired) electrons. The zero-order valence-electron chi connectivity index (χ0n) is 9.64. The maximum Gasteiger partial charge on any atom is 0.360 e. The normalized spacial score (nSPS) is 24.6. The zero-order valence-corrected chi connectivity index (χ0v) is 9.64. The van der Waals surface area contributed by atoms with Crippen LogP contribution < -0.4 is 5.73 Å². The van der Waals surface area contributed by atoms with E-state index in [9.17, 15) is 4.79 Å². The van der Waals surface area contributed by atoms with Gasteiger partial charge in [-0.2, -0.15) is 0 Å². The highest BCUT2D eigenvalue weighted by Crippen LogP contribution is 2.37. The first kappa shape index (κ1) is 11.0. The topological polar surface area (TPSA) is 70.1 Å². The molecular formula is C11H17N3O2. The van der Waals surface area contributed by atoms with E-state index in [0.717, 1.165) is 6.42 Å². The third-order valence-corrected chi connectivity index (χ3v) is 3.38. The SMILES string of the molecule is COC(=O)c1ncn(C2CCCC2C)c1N. The molecule has 2 atom stereocenters. The minimum atomic E-state index is -0.470. The summed E-state index contributed by atoms with van der Waals surface area (Å²) in [6.07, 6.45) is 5.16. The number of nitrogens with zero attached hydrogens (tertiary/aromatic N) is 2. The molecule has 0 saturated heterocycles. The van der Waals surface area contributed by atoms with Crippen LogP contribution in [-0.2, 0) is 4.74 Å². The van der Waals surface area contributed by atoms with E-state index in [-0.39, 0.29) is 5.69 Å². The van der Waals surface area contributed by atoms with Gasteiger partial charge in [-0.3, -0.25) is 0 Å². The van der Waals surface area contributed by atoms with Gasteiger partial charge in [-0.25, -0.2) is 9.78 Å². The van der Waals surface area contributed by atoms with Gasteiger partial charge in [0.2, 0.25) is 0 Å². The van der Waals surface area contributed by atoms with E-state index in [2.05, 4.69) is 16.6 Å². The number of carbonyl (C=O) groups is 1. The summed E-state index contributed by atoms with van der Waals surface area (Å²) in [5, 5.41) is 0. The monoisotopic (exact) mass is 223 g/mol. The van der Waals surface area contributed by atoms with E-state index < -0.39 is 5.97 Å². The number of carbonyl (C=O) groups excluding carboxylic acids is 1. The summed E-state index contributed by atoms with van der Waals surface area (Å²) in [5.41, 5.74) is 6.15. The van der Waals surface area contributed by atoms with E-state index in [1.165, 1.54) is 20.0 Å². The summed E-state index contributed by atoms with van der Waals surface area (Å²) in [6, 6.07) is 0.367. The molecular weight excluding hydrogens is 206 g/mol. The number of esters is 1. The molecule has 0 bridgehead atoms. The molecule has 16 heavy (non-hydrogen) atoms. The van der Waals surface area contributed by atoms with E-state index in [1.807, 2.05) is 4.57 Å². The van der Waals surface area contributed by atoms with Crippen LogP contribution in [0.3, 0.4) is 0 Å². The van der Waals surface area contributed by atoms with Crippen LogP contribution in [0, 0.1) is 5.92 Å². The standard InChI is InChI=1S/C11H17N3O2/c1-7-4-3-5-8(7)14-6-13-9(10(14)12)11(15)16-2/h6-8H,3-5,12H2,1-2H3. The maximum atomic E-state index is 11.4. The van der Waals surface area contributed by atoms with Crippen molar-refractivity contribution in [2.45, 2.75) is 32.2 Å². The number of ether oxygens (including phenoxy) is 1. The lowest BCUT2D eigenvalue weighted by Gasteiger charge is -2.18. The van der Waals surface area contributed by atoms with Crippen LogP contribution in [-0.4, -0.2) is 22.6 Å². The van der Waals surface area contributed by atoms with Crippen LogP contribution >= 0.6 is 0 Å². The molecule has 2 N–H and O–H groups in total. The number of anilines is 1. The number of hydrogen-bond donors (Lipinski definition) is 1. The fourth-order valence-electron chi connectivity index (χ4n) is 2.43. The Kier molecular flexibility index (Phi) is 2.85. The Morgan fingerprint density at radius 3 is 2.94 bits per heavy atom. The van der Waals surface area contributed by atoms with Gasteiger partial charge in [0, 0.05) is 6.04 Å². The van der Waals surface area contributed by atoms with E-state index in [1.54, 1.807) is 6.33 Å². The molecule has 0 spiro atoms. The molecule has 1 fully saturated rings. The third-order valence-electron chi connectivity index (χ3n) is 3.38. The molecule has 5 heteroatoms. The lowest BCUT2D eigenvalue weighted by atomic mass is 10.1. The number of imidazole rings is 1. The molecule has 2 rings (SSSR count). The largest absolute Gasteiger partial charge is 0.464 e. The Bertz CT molecular complexity index is 400. The van der Waals surface area contributed by atoms with Crippen LogP contribution in [0.2, 0.25) is 0 Å². The average Bonchev–Trinajstić information content (AvgIpc) is 2.84. The van der Waals surface area contributed by atoms with Crippen molar-refractivity contribution >= 4 is 11.8 Å². The minimum Gasteiger partial charge on any atom is -0.464 e. The highest BCUT2D eigenvalue weighted by Gasteiger charge is 2.28. The molecule has 0 aliphatic heterocycles. The fraction of sp³-hybridized carbons (Fsp3) is 0.636. The predicted octanol–water partition coefficient (Wildman–Crippen LogP) is 1.61. The summed E-state index contributed by atoms with van der Waals surface area (Å²) in [7, 11) is 1.33. The van der Waals surface area contributed by atoms with Crippen LogP contribution in [0.1, 0.15) is 42.7 Å². The van der Waals surface area contributed by atoms with Crippen molar-refractivity contribution in [1.82, 2.24) is 9.55 Å². The first-order valence-corrected chi connectivity index (χ1v) is 5.55. The number of nitrogen functional groups attached to an aromatic ring is 1. The molecule has 0 aromatic carbocycles. The molecule has 1 saturated carbocycles. The van der Waals surface area contributed by atoms with Gasteiger partial charge in [0.1, 0.15) is 5.82 Å². The van der Waals surface area contributed by atoms with Crippen molar-refractivity contribution in [1.29, 1.82) is 0 Å². The molecule has 5 nitrogen and oxygen atoms in total. The molecule has 1 aliphatic carbocycles. The summed E-state index contributed by atoms with van der Waals surface area (Å²) in [6.45, 7) is 2.20. The number of nitrogens with two attached hydrogens (primary N) is 1. The van der Waals surface area contributed by atoms with Crippen molar-refractivity contribution in [3.63, 3.8) is 0 Å². The first-order valence-electron chi connectivity index (χ1n) is 5.55. The Labute approximate surface area is 94.6 Å².